The number of rotatable bonds is 3. The van der Waals surface area contributed by atoms with Crippen molar-refractivity contribution >= 4 is 28.8 Å². The number of Topliss-reactive ketones (excluding diaryl/α,β-unsaturated/α-hetero) is 1. The lowest BCUT2D eigenvalue weighted by Gasteiger charge is -2.33. The van der Waals surface area contributed by atoms with E-state index in [-0.39, 0.29) is 29.6 Å². The Hall–Kier alpha value is -2.60. The summed E-state index contributed by atoms with van der Waals surface area (Å²) in [6.07, 6.45) is 1.50. The first-order valence-corrected chi connectivity index (χ1v) is 7.89. The van der Waals surface area contributed by atoms with E-state index in [0.717, 1.165) is 15.4 Å². The first-order valence-electron chi connectivity index (χ1n) is 7.07. The van der Waals surface area contributed by atoms with Crippen molar-refractivity contribution < 1.29 is 19.8 Å². The maximum Gasteiger partial charge on any atom is 0.340 e. The number of phenolic OH excluding ortho intramolecular Hbond substituents is 1. The zero-order valence-electron chi connectivity index (χ0n) is 12.4. The molecule has 23 heavy (non-hydrogen) atoms. The molecule has 0 saturated carbocycles. The quantitative estimate of drug-likeness (QED) is 0.845. The summed E-state index contributed by atoms with van der Waals surface area (Å²) in [5, 5.41) is 18.7. The van der Waals surface area contributed by atoms with Crippen LogP contribution in [0, 0.1) is 6.92 Å². The number of thiophene rings is 1. The molecule has 5 nitrogen and oxygen atoms in total. The highest BCUT2D eigenvalue weighted by molar-refractivity contribution is 7.12. The summed E-state index contributed by atoms with van der Waals surface area (Å²) in [6.45, 7) is 1.99. The minimum absolute atomic E-state index is 0.110. The smallest absolute Gasteiger partial charge is 0.340 e. The van der Waals surface area contributed by atoms with Crippen LogP contribution in [0.4, 0.5) is 5.69 Å². The van der Waals surface area contributed by atoms with Gasteiger partial charge in [0.15, 0.2) is 5.78 Å². The SMILES string of the molecule is Cc1ccc(C2CC(=O)C(C(=O)O)=CN2c2ccc(O)cc2)s1. The number of benzene rings is 1. The molecule has 0 spiro atoms. The number of hydrogen-bond acceptors (Lipinski definition) is 5. The molecular weight excluding hydrogens is 314 g/mol. The lowest BCUT2D eigenvalue weighted by Crippen LogP contribution is -2.33. The fourth-order valence-electron chi connectivity index (χ4n) is 2.61. The summed E-state index contributed by atoms with van der Waals surface area (Å²) in [5.41, 5.74) is 0.507. The highest BCUT2D eigenvalue weighted by Crippen LogP contribution is 2.38. The number of phenols is 1. The Morgan fingerprint density at radius 2 is 1.91 bits per heavy atom. The first kappa shape index (κ1) is 15.3. The molecule has 0 bridgehead atoms. The van der Waals surface area contributed by atoms with Crippen LogP contribution in [0.1, 0.15) is 22.2 Å². The van der Waals surface area contributed by atoms with E-state index in [4.69, 9.17) is 0 Å². The van der Waals surface area contributed by atoms with Crippen molar-refractivity contribution in [2.75, 3.05) is 4.90 Å². The summed E-state index contributed by atoms with van der Waals surface area (Å²) in [4.78, 5) is 27.4. The van der Waals surface area contributed by atoms with E-state index in [0.29, 0.717) is 0 Å². The number of carboxylic acids is 1. The number of carbonyl (C=O) groups is 2. The standard InChI is InChI=1S/C17H15NO4S/c1-10-2-7-16(23-10)14-8-15(20)13(17(21)22)9-18(14)11-3-5-12(19)6-4-11/h2-7,9,14,19H,8H2,1H3,(H,21,22). The Kier molecular flexibility index (Phi) is 3.92. The molecule has 1 aliphatic rings. The van der Waals surface area contributed by atoms with Crippen LogP contribution in [0.2, 0.25) is 0 Å². The van der Waals surface area contributed by atoms with E-state index < -0.39 is 5.97 Å². The lowest BCUT2D eigenvalue weighted by atomic mass is 9.97. The van der Waals surface area contributed by atoms with E-state index in [9.17, 15) is 19.8 Å². The van der Waals surface area contributed by atoms with Crippen LogP contribution in [0.25, 0.3) is 0 Å². The zero-order valence-corrected chi connectivity index (χ0v) is 13.2. The third-order valence-electron chi connectivity index (χ3n) is 3.75. The fraction of sp³-hybridized carbons (Fsp3) is 0.176. The normalized spacial score (nSPS) is 18.0. The Morgan fingerprint density at radius 1 is 1.22 bits per heavy atom. The van der Waals surface area contributed by atoms with Crippen LogP contribution in [-0.2, 0) is 9.59 Å². The largest absolute Gasteiger partial charge is 0.508 e. The third-order valence-corrected chi connectivity index (χ3v) is 4.85. The minimum atomic E-state index is -1.22. The van der Waals surface area contributed by atoms with Gasteiger partial charge in [0.2, 0.25) is 0 Å². The van der Waals surface area contributed by atoms with Gasteiger partial charge in [-0.25, -0.2) is 4.79 Å². The van der Waals surface area contributed by atoms with Crippen LogP contribution >= 0.6 is 11.3 Å². The van der Waals surface area contributed by atoms with Crippen molar-refractivity contribution in [1.82, 2.24) is 0 Å². The molecule has 0 fully saturated rings. The molecule has 0 aliphatic carbocycles. The van der Waals surface area contributed by atoms with Gasteiger partial charge < -0.3 is 15.1 Å². The van der Waals surface area contributed by atoms with Crippen molar-refractivity contribution in [1.29, 1.82) is 0 Å². The highest BCUT2D eigenvalue weighted by atomic mass is 32.1. The van der Waals surface area contributed by atoms with Gasteiger partial charge >= 0.3 is 5.97 Å². The number of aryl methyl sites for hydroxylation is 1. The van der Waals surface area contributed by atoms with Crippen LogP contribution in [0.5, 0.6) is 5.75 Å². The second-order valence-electron chi connectivity index (χ2n) is 5.36. The second kappa shape index (κ2) is 5.89. The number of anilines is 1. The molecule has 1 aliphatic heterocycles. The van der Waals surface area contributed by atoms with Gasteiger partial charge in [0, 0.05) is 28.1 Å². The summed E-state index contributed by atoms with van der Waals surface area (Å²) in [5.74, 6) is -1.46. The van der Waals surface area contributed by atoms with Gasteiger partial charge in [0.05, 0.1) is 6.04 Å². The van der Waals surface area contributed by atoms with E-state index in [1.54, 1.807) is 28.4 Å². The Bertz CT molecular complexity index is 791. The number of ketones is 1. The molecule has 1 aromatic heterocycles. The number of nitrogens with zero attached hydrogens (tertiary/aromatic N) is 1. The van der Waals surface area contributed by atoms with Gasteiger partial charge in [0.1, 0.15) is 11.3 Å². The predicted molar refractivity (Wildman–Crippen MR) is 87.7 cm³/mol. The van der Waals surface area contributed by atoms with Crippen LogP contribution in [0.3, 0.4) is 0 Å². The lowest BCUT2D eigenvalue weighted by molar-refractivity contribution is -0.134. The van der Waals surface area contributed by atoms with E-state index >= 15 is 0 Å². The molecule has 0 radical (unpaired) electrons. The van der Waals surface area contributed by atoms with Crippen molar-refractivity contribution in [3.63, 3.8) is 0 Å². The molecule has 1 aromatic carbocycles. The van der Waals surface area contributed by atoms with Crippen molar-refractivity contribution in [2.45, 2.75) is 19.4 Å². The molecule has 3 rings (SSSR count). The van der Waals surface area contributed by atoms with Gasteiger partial charge in [-0.15, -0.1) is 11.3 Å². The van der Waals surface area contributed by atoms with Crippen LogP contribution in [0.15, 0.2) is 48.2 Å². The summed E-state index contributed by atoms with van der Waals surface area (Å²) < 4.78 is 0. The first-order chi connectivity index (χ1) is 11.0. The summed E-state index contributed by atoms with van der Waals surface area (Å²) in [7, 11) is 0. The van der Waals surface area contributed by atoms with E-state index in [1.165, 1.54) is 18.3 Å². The molecule has 118 valence electrons. The van der Waals surface area contributed by atoms with E-state index in [2.05, 4.69) is 0 Å². The number of aromatic hydroxyl groups is 1. The second-order valence-corrected chi connectivity index (χ2v) is 6.68. The average molecular weight is 329 g/mol. The molecule has 2 heterocycles. The number of carboxylic acid groups (broad SMARTS) is 1. The Labute approximate surface area is 137 Å². The van der Waals surface area contributed by atoms with Gasteiger partial charge in [-0.3, -0.25) is 4.79 Å². The van der Waals surface area contributed by atoms with Crippen molar-refractivity contribution in [3.05, 3.63) is 57.9 Å². The minimum Gasteiger partial charge on any atom is -0.508 e. The predicted octanol–water partition coefficient (Wildman–Crippen LogP) is 3.25. The number of aliphatic carboxylic acids is 1. The molecule has 2 N–H and O–H groups in total. The van der Waals surface area contributed by atoms with Gasteiger partial charge in [-0.2, -0.15) is 0 Å². The maximum absolute atomic E-state index is 12.1. The zero-order chi connectivity index (χ0) is 16.6. The molecule has 2 aromatic rings. The topological polar surface area (TPSA) is 77.8 Å². The molecule has 1 atom stereocenters. The molecule has 6 heteroatoms. The third kappa shape index (κ3) is 2.98. The molecule has 0 amide bonds. The number of hydrogen-bond donors (Lipinski definition) is 2. The maximum atomic E-state index is 12.1. The van der Waals surface area contributed by atoms with E-state index in [1.807, 2.05) is 19.1 Å². The van der Waals surface area contributed by atoms with Crippen molar-refractivity contribution in [2.24, 2.45) is 0 Å². The monoisotopic (exact) mass is 329 g/mol. The van der Waals surface area contributed by atoms with Gasteiger partial charge in [-0.1, -0.05) is 0 Å². The van der Waals surface area contributed by atoms with Crippen molar-refractivity contribution in [3.8, 4) is 5.75 Å². The average Bonchev–Trinajstić information content (AvgIpc) is 2.94. The summed E-state index contributed by atoms with van der Waals surface area (Å²) in [6, 6.07) is 10.2. The van der Waals surface area contributed by atoms with Crippen LogP contribution in [-0.4, -0.2) is 22.0 Å². The highest BCUT2D eigenvalue weighted by Gasteiger charge is 2.33. The summed E-state index contributed by atoms with van der Waals surface area (Å²) >= 11 is 1.59. The fourth-order valence-corrected chi connectivity index (χ4v) is 3.59. The molecule has 0 saturated heterocycles. The molecule has 1 unspecified atom stereocenters. The Morgan fingerprint density at radius 3 is 2.48 bits per heavy atom. The Balaban J connectivity index is 2.08. The van der Waals surface area contributed by atoms with Crippen LogP contribution < -0.4 is 4.90 Å². The van der Waals surface area contributed by atoms with Gasteiger partial charge in [-0.05, 0) is 43.3 Å². The van der Waals surface area contributed by atoms with Gasteiger partial charge in [0.25, 0.3) is 0 Å². The number of carbonyl (C=O) groups excluding carboxylic acids is 1. The molecular formula is C17H15NO4S.